The Labute approximate surface area is 173 Å². The molecule has 1 unspecified atom stereocenters. The minimum atomic E-state index is 0.221. The molecule has 1 aliphatic rings. The van der Waals surface area contributed by atoms with Crippen LogP contribution in [0.4, 0.5) is 0 Å². The van der Waals surface area contributed by atoms with E-state index < -0.39 is 0 Å². The number of phenols is 1. The predicted molar refractivity (Wildman–Crippen MR) is 120 cm³/mol. The molecule has 148 valence electrons. The fourth-order valence-corrected chi connectivity index (χ4v) is 4.01. The third-order valence-electron chi connectivity index (χ3n) is 5.57. The number of aromatic hydroxyl groups is 1. The van der Waals surface area contributed by atoms with Crippen LogP contribution in [0.15, 0.2) is 91.0 Å². The van der Waals surface area contributed by atoms with Gasteiger partial charge in [-0.05, 0) is 28.8 Å². The molecular formula is C26H28N2O. The van der Waals surface area contributed by atoms with Gasteiger partial charge in [-0.15, -0.1) is 0 Å². The second-order valence-electron chi connectivity index (χ2n) is 7.55. The smallest absolute Gasteiger partial charge is 0.115 e. The van der Waals surface area contributed by atoms with Gasteiger partial charge in [0.15, 0.2) is 0 Å². The van der Waals surface area contributed by atoms with Gasteiger partial charge in [0.2, 0.25) is 0 Å². The second-order valence-corrected chi connectivity index (χ2v) is 7.55. The van der Waals surface area contributed by atoms with Crippen molar-refractivity contribution in [2.24, 2.45) is 0 Å². The van der Waals surface area contributed by atoms with Crippen molar-refractivity contribution < 1.29 is 5.11 Å². The zero-order valence-corrected chi connectivity index (χ0v) is 16.7. The average molecular weight is 385 g/mol. The maximum absolute atomic E-state index is 9.69. The van der Waals surface area contributed by atoms with E-state index in [0.717, 1.165) is 32.7 Å². The molecule has 3 aromatic rings. The summed E-state index contributed by atoms with van der Waals surface area (Å²) >= 11 is 0. The molecule has 0 saturated carbocycles. The zero-order valence-electron chi connectivity index (χ0n) is 16.7. The van der Waals surface area contributed by atoms with Crippen molar-refractivity contribution in [2.45, 2.75) is 6.04 Å². The van der Waals surface area contributed by atoms with E-state index in [4.69, 9.17) is 0 Å². The van der Waals surface area contributed by atoms with Gasteiger partial charge < -0.3 is 5.11 Å². The van der Waals surface area contributed by atoms with E-state index in [-0.39, 0.29) is 6.04 Å². The molecule has 1 aliphatic heterocycles. The van der Waals surface area contributed by atoms with Crippen molar-refractivity contribution >= 4 is 6.08 Å². The van der Waals surface area contributed by atoms with E-state index in [2.05, 4.69) is 76.5 Å². The molecule has 1 heterocycles. The number of hydrogen-bond donors (Lipinski definition) is 1. The minimum Gasteiger partial charge on any atom is -0.508 e. The minimum absolute atomic E-state index is 0.221. The van der Waals surface area contributed by atoms with Crippen LogP contribution in [-0.2, 0) is 0 Å². The van der Waals surface area contributed by atoms with E-state index in [1.54, 1.807) is 12.1 Å². The third kappa shape index (κ3) is 5.14. The molecule has 3 heteroatoms. The Bertz CT molecular complexity index is 898. The van der Waals surface area contributed by atoms with Crippen LogP contribution >= 0.6 is 0 Å². The summed E-state index contributed by atoms with van der Waals surface area (Å²) in [6.45, 7) is 5.15. The Morgan fingerprint density at radius 1 is 0.724 bits per heavy atom. The lowest BCUT2D eigenvalue weighted by atomic mass is 9.96. The van der Waals surface area contributed by atoms with E-state index in [9.17, 15) is 5.11 Å². The lowest BCUT2D eigenvalue weighted by molar-refractivity contribution is 0.118. The molecule has 1 N–H and O–H groups in total. The first-order valence-electron chi connectivity index (χ1n) is 10.3. The lowest BCUT2D eigenvalue weighted by Crippen LogP contribution is -2.47. The van der Waals surface area contributed by atoms with Gasteiger partial charge in [0.1, 0.15) is 5.75 Å². The topological polar surface area (TPSA) is 26.7 Å². The van der Waals surface area contributed by atoms with Crippen LogP contribution in [0.1, 0.15) is 22.7 Å². The number of nitrogens with zero attached hydrogens (tertiary/aromatic N) is 2. The Kier molecular flexibility index (Phi) is 6.40. The van der Waals surface area contributed by atoms with E-state index in [1.165, 1.54) is 16.7 Å². The number of phenolic OH excluding ortho intramolecular Hbond substituents is 1. The van der Waals surface area contributed by atoms with Crippen LogP contribution in [0, 0.1) is 0 Å². The van der Waals surface area contributed by atoms with Gasteiger partial charge in [-0.25, -0.2) is 0 Å². The quantitative estimate of drug-likeness (QED) is 0.660. The van der Waals surface area contributed by atoms with Crippen molar-refractivity contribution in [3.8, 4) is 5.75 Å². The molecule has 0 spiro atoms. The lowest BCUT2D eigenvalue weighted by Gasteiger charge is -2.39. The summed E-state index contributed by atoms with van der Waals surface area (Å²) in [5.74, 6) is 0.315. The van der Waals surface area contributed by atoms with Crippen molar-refractivity contribution in [2.75, 3.05) is 32.7 Å². The number of benzene rings is 3. The SMILES string of the molecule is Oc1ccc(C(c2ccccc2)N2CCN(CC=Cc3ccccc3)CC2)cc1. The Hall–Kier alpha value is -2.88. The maximum Gasteiger partial charge on any atom is 0.115 e. The molecule has 29 heavy (non-hydrogen) atoms. The first-order chi connectivity index (χ1) is 14.3. The Morgan fingerprint density at radius 3 is 1.97 bits per heavy atom. The monoisotopic (exact) mass is 384 g/mol. The molecule has 4 rings (SSSR count). The fraction of sp³-hybridized carbons (Fsp3) is 0.231. The van der Waals surface area contributed by atoms with Crippen molar-refractivity contribution in [3.63, 3.8) is 0 Å². The molecule has 1 fully saturated rings. The maximum atomic E-state index is 9.69. The highest BCUT2D eigenvalue weighted by atomic mass is 16.3. The first kappa shape index (κ1) is 19.4. The molecule has 3 aromatic carbocycles. The van der Waals surface area contributed by atoms with Crippen LogP contribution in [0.5, 0.6) is 5.75 Å². The molecule has 1 atom stereocenters. The largest absolute Gasteiger partial charge is 0.508 e. The number of hydrogen-bond acceptors (Lipinski definition) is 3. The first-order valence-corrected chi connectivity index (χ1v) is 10.3. The van der Waals surface area contributed by atoms with Gasteiger partial charge in [-0.3, -0.25) is 9.80 Å². The van der Waals surface area contributed by atoms with E-state index in [1.807, 2.05) is 18.2 Å². The Balaban J connectivity index is 1.41. The van der Waals surface area contributed by atoms with Gasteiger partial charge >= 0.3 is 0 Å². The van der Waals surface area contributed by atoms with Gasteiger partial charge in [0.05, 0.1) is 6.04 Å². The predicted octanol–water partition coefficient (Wildman–Crippen LogP) is 4.81. The molecule has 0 bridgehead atoms. The number of rotatable bonds is 6. The summed E-state index contributed by atoms with van der Waals surface area (Å²) in [7, 11) is 0. The van der Waals surface area contributed by atoms with Crippen molar-refractivity contribution in [1.82, 2.24) is 9.80 Å². The average Bonchev–Trinajstić information content (AvgIpc) is 2.78. The van der Waals surface area contributed by atoms with Gasteiger partial charge in [-0.1, -0.05) is 84.9 Å². The summed E-state index contributed by atoms with van der Waals surface area (Å²) in [4.78, 5) is 5.06. The van der Waals surface area contributed by atoms with Crippen molar-refractivity contribution in [1.29, 1.82) is 0 Å². The highest BCUT2D eigenvalue weighted by Crippen LogP contribution is 2.30. The molecule has 0 amide bonds. The fourth-order valence-electron chi connectivity index (χ4n) is 4.01. The molecule has 0 radical (unpaired) electrons. The highest BCUT2D eigenvalue weighted by molar-refractivity contribution is 5.48. The summed E-state index contributed by atoms with van der Waals surface area (Å²) < 4.78 is 0. The standard InChI is InChI=1S/C26H28N2O/c29-25-15-13-24(14-16-25)26(23-11-5-2-6-12-23)28-20-18-27(19-21-28)17-7-10-22-8-3-1-4-9-22/h1-16,26,29H,17-21H2. The van der Waals surface area contributed by atoms with Crippen LogP contribution < -0.4 is 0 Å². The zero-order chi connectivity index (χ0) is 19.9. The van der Waals surface area contributed by atoms with E-state index >= 15 is 0 Å². The molecule has 0 aliphatic carbocycles. The van der Waals surface area contributed by atoms with Crippen LogP contribution in [-0.4, -0.2) is 47.6 Å². The van der Waals surface area contributed by atoms with Gasteiger partial charge in [-0.2, -0.15) is 0 Å². The van der Waals surface area contributed by atoms with Gasteiger partial charge in [0, 0.05) is 32.7 Å². The molecule has 0 aromatic heterocycles. The summed E-state index contributed by atoms with van der Waals surface area (Å²) in [6.07, 6.45) is 4.47. The van der Waals surface area contributed by atoms with Crippen LogP contribution in [0.25, 0.3) is 6.08 Å². The summed E-state index contributed by atoms with van der Waals surface area (Å²) in [6, 6.07) is 29.0. The van der Waals surface area contributed by atoms with Crippen molar-refractivity contribution in [3.05, 3.63) is 108 Å². The number of piperazine rings is 1. The summed E-state index contributed by atoms with van der Waals surface area (Å²) in [5.41, 5.74) is 3.78. The summed E-state index contributed by atoms with van der Waals surface area (Å²) in [5, 5.41) is 9.69. The van der Waals surface area contributed by atoms with E-state index in [0.29, 0.717) is 5.75 Å². The van der Waals surface area contributed by atoms with Crippen LogP contribution in [0.3, 0.4) is 0 Å². The van der Waals surface area contributed by atoms with Crippen LogP contribution in [0.2, 0.25) is 0 Å². The molecule has 3 nitrogen and oxygen atoms in total. The Morgan fingerprint density at radius 2 is 1.31 bits per heavy atom. The third-order valence-corrected chi connectivity index (χ3v) is 5.57. The normalized spacial score (nSPS) is 16.8. The second kappa shape index (κ2) is 9.55. The molecule has 1 saturated heterocycles. The molecular weight excluding hydrogens is 356 g/mol. The highest BCUT2D eigenvalue weighted by Gasteiger charge is 2.26. The van der Waals surface area contributed by atoms with Gasteiger partial charge in [0.25, 0.3) is 0 Å².